The fourth-order valence-corrected chi connectivity index (χ4v) is 3.54. The highest BCUT2D eigenvalue weighted by Gasteiger charge is 2.31. The number of rotatable bonds is 4. The molecule has 0 aromatic heterocycles. The Bertz CT molecular complexity index is 223. The third-order valence-corrected chi connectivity index (χ3v) is 4.92. The van der Waals surface area contributed by atoms with Crippen molar-refractivity contribution in [2.75, 3.05) is 6.54 Å². The first-order chi connectivity index (χ1) is 8.22. The summed E-state index contributed by atoms with van der Waals surface area (Å²) in [4.78, 5) is 0. The molecule has 0 aromatic carbocycles. The van der Waals surface area contributed by atoms with Gasteiger partial charge in [-0.1, -0.05) is 39.0 Å². The molecule has 0 heterocycles. The summed E-state index contributed by atoms with van der Waals surface area (Å²) in [6.45, 7) is 3.15. The van der Waals surface area contributed by atoms with Crippen LogP contribution in [0.3, 0.4) is 0 Å². The molecule has 2 fully saturated rings. The summed E-state index contributed by atoms with van der Waals surface area (Å²) in [5.74, 6) is 0.955. The van der Waals surface area contributed by atoms with E-state index in [0.717, 1.165) is 25.3 Å². The van der Waals surface area contributed by atoms with Crippen molar-refractivity contribution < 1.29 is 5.11 Å². The van der Waals surface area contributed by atoms with Crippen LogP contribution in [0.4, 0.5) is 0 Å². The Morgan fingerprint density at radius 1 is 1.06 bits per heavy atom. The van der Waals surface area contributed by atoms with Crippen molar-refractivity contribution in [3.63, 3.8) is 0 Å². The summed E-state index contributed by atoms with van der Waals surface area (Å²) in [6, 6.07) is 0.663. The molecule has 2 N–H and O–H groups in total. The van der Waals surface area contributed by atoms with E-state index in [1.54, 1.807) is 0 Å². The molecule has 2 nitrogen and oxygen atoms in total. The highest BCUT2D eigenvalue weighted by Crippen LogP contribution is 2.30. The summed E-state index contributed by atoms with van der Waals surface area (Å²) >= 11 is 0. The minimum atomic E-state index is -0.379. The van der Waals surface area contributed by atoms with Gasteiger partial charge >= 0.3 is 0 Å². The number of nitrogens with one attached hydrogen (secondary N) is 1. The van der Waals surface area contributed by atoms with Crippen LogP contribution < -0.4 is 5.32 Å². The summed E-state index contributed by atoms with van der Waals surface area (Å²) in [7, 11) is 0. The van der Waals surface area contributed by atoms with E-state index < -0.39 is 0 Å². The first kappa shape index (κ1) is 13.4. The van der Waals surface area contributed by atoms with Gasteiger partial charge in [0.25, 0.3) is 0 Å². The molecule has 0 aromatic rings. The second-order valence-electron chi connectivity index (χ2n) is 6.29. The Hall–Kier alpha value is -0.0800. The summed E-state index contributed by atoms with van der Waals surface area (Å²) in [5.41, 5.74) is -0.379. The number of hydrogen-bond donors (Lipinski definition) is 2. The SMILES string of the molecule is CCC1CCCC(NCC2(O)CCCC2)CC1. The van der Waals surface area contributed by atoms with Crippen LogP contribution in [0.2, 0.25) is 0 Å². The molecular weight excluding hydrogens is 210 g/mol. The molecule has 100 valence electrons. The van der Waals surface area contributed by atoms with Gasteiger partial charge in [-0.05, 0) is 38.0 Å². The van der Waals surface area contributed by atoms with Gasteiger partial charge in [-0.3, -0.25) is 0 Å². The smallest absolute Gasteiger partial charge is 0.0771 e. The second-order valence-corrected chi connectivity index (χ2v) is 6.29. The van der Waals surface area contributed by atoms with Crippen LogP contribution in [0.25, 0.3) is 0 Å². The molecule has 0 spiro atoms. The first-order valence-electron chi connectivity index (χ1n) is 7.67. The average Bonchev–Trinajstić information content (AvgIpc) is 2.64. The molecule has 0 bridgehead atoms. The van der Waals surface area contributed by atoms with Gasteiger partial charge < -0.3 is 10.4 Å². The third-order valence-electron chi connectivity index (χ3n) is 4.92. The Kier molecular flexibility index (Phi) is 4.87. The maximum atomic E-state index is 10.3. The lowest BCUT2D eigenvalue weighted by molar-refractivity contribution is 0.0442. The van der Waals surface area contributed by atoms with Gasteiger partial charge in [0.15, 0.2) is 0 Å². The van der Waals surface area contributed by atoms with Crippen LogP contribution >= 0.6 is 0 Å². The number of hydrogen-bond acceptors (Lipinski definition) is 2. The van der Waals surface area contributed by atoms with Gasteiger partial charge in [-0.2, -0.15) is 0 Å². The lowest BCUT2D eigenvalue weighted by Crippen LogP contribution is -2.42. The Balaban J connectivity index is 1.71. The highest BCUT2D eigenvalue weighted by molar-refractivity contribution is 4.88. The summed E-state index contributed by atoms with van der Waals surface area (Å²) < 4.78 is 0. The normalized spacial score (nSPS) is 33.5. The van der Waals surface area contributed by atoms with Crippen LogP contribution in [0.5, 0.6) is 0 Å². The molecule has 0 saturated heterocycles. The van der Waals surface area contributed by atoms with E-state index >= 15 is 0 Å². The van der Waals surface area contributed by atoms with Crippen LogP contribution in [0.15, 0.2) is 0 Å². The molecule has 2 unspecified atom stereocenters. The Labute approximate surface area is 106 Å². The van der Waals surface area contributed by atoms with Gasteiger partial charge in [0.1, 0.15) is 0 Å². The first-order valence-corrected chi connectivity index (χ1v) is 7.67. The van der Waals surface area contributed by atoms with Crippen molar-refractivity contribution in [2.24, 2.45) is 5.92 Å². The molecule has 2 saturated carbocycles. The van der Waals surface area contributed by atoms with E-state index in [2.05, 4.69) is 12.2 Å². The van der Waals surface area contributed by atoms with Gasteiger partial charge in [-0.15, -0.1) is 0 Å². The zero-order chi connectivity index (χ0) is 12.1. The van der Waals surface area contributed by atoms with Crippen molar-refractivity contribution in [1.82, 2.24) is 5.32 Å². The largest absolute Gasteiger partial charge is 0.389 e. The topological polar surface area (TPSA) is 32.3 Å². The molecule has 2 rings (SSSR count). The zero-order valence-electron chi connectivity index (χ0n) is 11.4. The van der Waals surface area contributed by atoms with Gasteiger partial charge in [0.05, 0.1) is 5.60 Å². The van der Waals surface area contributed by atoms with Crippen LogP contribution in [0.1, 0.15) is 71.1 Å². The molecule has 2 atom stereocenters. The number of aliphatic hydroxyl groups is 1. The standard InChI is InChI=1S/C15H29NO/c1-2-13-6-5-7-14(9-8-13)16-12-15(17)10-3-4-11-15/h13-14,16-17H,2-12H2,1H3. The molecule has 2 aliphatic rings. The fraction of sp³-hybridized carbons (Fsp3) is 1.00. The van der Waals surface area contributed by atoms with Crippen LogP contribution in [-0.4, -0.2) is 23.3 Å². The molecular formula is C15H29NO. The predicted molar refractivity (Wildman–Crippen MR) is 72.1 cm³/mol. The fourth-order valence-electron chi connectivity index (χ4n) is 3.54. The molecule has 2 aliphatic carbocycles. The van der Waals surface area contributed by atoms with E-state index in [-0.39, 0.29) is 5.60 Å². The van der Waals surface area contributed by atoms with Crippen LogP contribution in [-0.2, 0) is 0 Å². The molecule has 0 amide bonds. The summed E-state index contributed by atoms with van der Waals surface area (Å²) in [6.07, 6.45) is 12.6. The average molecular weight is 239 g/mol. The lowest BCUT2D eigenvalue weighted by atomic mass is 9.97. The quantitative estimate of drug-likeness (QED) is 0.738. The highest BCUT2D eigenvalue weighted by atomic mass is 16.3. The Morgan fingerprint density at radius 3 is 2.53 bits per heavy atom. The monoisotopic (exact) mass is 239 g/mol. The maximum Gasteiger partial charge on any atom is 0.0771 e. The van der Waals surface area contributed by atoms with E-state index in [9.17, 15) is 5.11 Å². The van der Waals surface area contributed by atoms with Crippen molar-refractivity contribution >= 4 is 0 Å². The van der Waals surface area contributed by atoms with Gasteiger partial charge in [-0.25, -0.2) is 0 Å². The van der Waals surface area contributed by atoms with Gasteiger partial charge in [0.2, 0.25) is 0 Å². The predicted octanol–water partition coefficient (Wildman–Crippen LogP) is 3.24. The zero-order valence-corrected chi connectivity index (χ0v) is 11.4. The molecule has 0 radical (unpaired) electrons. The van der Waals surface area contributed by atoms with E-state index in [1.807, 2.05) is 0 Å². The third kappa shape index (κ3) is 3.96. The maximum absolute atomic E-state index is 10.3. The van der Waals surface area contributed by atoms with Crippen LogP contribution in [0, 0.1) is 5.92 Å². The summed E-state index contributed by atoms with van der Waals surface area (Å²) in [5, 5.41) is 14.0. The second kappa shape index (κ2) is 6.19. The van der Waals surface area contributed by atoms with Crippen molar-refractivity contribution in [3.8, 4) is 0 Å². The molecule has 0 aliphatic heterocycles. The van der Waals surface area contributed by atoms with Gasteiger partial charge in [0, 0.05) is 12.6 Å². The van der Waals surface area contributed by atoms with E-state index in [0.29, 0.717) is 6.04 Å². The van der Waals surface area contributed by atoms with Crippen molar-refractivity contribution in [3.05, 3.63) is 0 Å². The van der Waals surface area contributed by atoms with Crippen molar-refractivity contribution in [2.45, 2.75) is 82.8 Å². The molecule has 2 heteroatoms. The van der Waals surface area contributed by atoms with E-state index in [1.165, 1.54) is 51.4 Å². The minimum Gasteiger partial charge on any atom is -0.389 e. The Morgan fingerprint density at radius 2 is 1.82 bits per heavy atom. The van der Waals surface area contributed by atoms with E-state index in [4.69, 9.17) is 0 Å². The molecule has 17 heavy (non-hydrogen) atoms. The van der Waals surface area contributed by atoms with Crippen molar-refractivity contribution in [1.29, 1.82) is 0 Å². The lowest BCUT2D eigenvalue weighted by Gasteiger charge is -2.26. The minimum absolute atomic E-state index is 0.379.